The smallest absolute Gasteiger partial charge is 0.323 e. The lowest BCUT2D eigenvalue weighted by molar-refractivity contribution is -0.0530. The molecular formula is C17H19FN4O2. The first-order chi connectivity index (χ1) is 11.5. The zero-order valence-corrected chi connectivity index (χ0v) is 13.6. The summed E-state index contributed by atoms with van der Waals surface area (Å²) in [6, 6.07) is 9.35. The van der Waals surface area contributed by atoms with E-state index in [1.807, 2.05) is 13.8 Å². The number of rotatable bonds is 2. The number of halogens is 1. The Labute approximate surface area is 139 Å². The molecule has 0 spiro atoms. The predicted octanol–water partition coefficient (Wildman–Crippen LogP) is 2.92. The third kappa shape index (κ3) is 3.68. The minimum atomic E-state index is -0.361. The van der Waals surface area contributed by atoms with Crippen molar-refractivity contribution in [3.8, 4) is 11.3 Å². The Morgan fingerprint density at radius 1 is 1.17 bits per heavy atom. The van der Waals surface area contributed by atoms with Crippen LogP contribution in [-0.4, -0.2) is 46.4 Å². The highest BCUT2D eigenvalue weighted by molar-refractivity contribution is 5.88. The van der Waals surface area contributed by atoms with Gasteiger partial charge in [-0.3, -0.25) is 5.32 Å². The molecule has 7 heteroatoms. The minimum Gasteiger partial charge on any atom is -0.372 e. The second-order valence-electron chi connectivity index (χ2n) is 5.88. The molecule has 0 bridgehead atoms. The molecule has 1 fully saturated rings. The number of nitrogens with zero attached hydrogens (tertiary/aromatic N) is 3. The Bertz CT molecular complexity index is 713. The fourth-order valence-electron chi connectivity index (χ4n) is 2.74. The van der Waals surface area contributed by atoms with Crippen molar-refractivity contribution in [1.29, 1.82) is 0 Å². The number of aromatic nitrogens is 2. The molecule has 1 N–H and O–H groups in total. The first kappa shape index (κ1) is 16.3. The number of ether oxygens (including phenoxy) is 1. The van der Waals surface area contributed by atoms with E-state index in [1.54, 1.807) is 35.2 Å². The summed E-state index contributed by atoms with van der Waals surface area (Å²) in [5.74, 6) is -0.0354. The van der Waals surface area contributed by atoms with Gasteiger partial charge in [0, 0.05) is 18.7 Å². The zero-order chi connectivity index (χ0) is 17.1. The van der Waals surface area contributed by atoms with Gasteiger partial charge in [0.25, 0.3) is 0 Å². The summed E-state index contributed by atoms with van der Waals surface area (Å²) in [4.78, 5) is 14.0. The molecule has 0 unspecified atom stereocenters. The maximum Gasteiger partial charge on any atom is 0.323 e. The van der Waals surface area contributed by atoms with Gasteiger partial charge in [0.1, 0.15) is 5.82 Å². The van der Waals surface area contributed by atoms with Gasteiger partial charge < -0.3 is 9.64 Å². The molecule has 2 aromatic rings. The number of anilines is 1. The molecular weight excluding hydrogens is 311 g/mol. The highest BCUT2D eigenvalue weighted by Crippen LogP contribution is 2.20. The van der Waals surface area contributed by atoms with Gasteiger partial charge in [-0.15, -0.1) is 10.2 Å². The summed E-state index contributed by atoms with van der Waals surface area (Å²) in [6.07, 6.45) is -0.0111. The summed E-state index contributed by atoms with van der Waals surface area (Å²) < 4.78 is 19.4. The van der Waals surface area contributed by atoms with Crippen molar-refractivity contribution >= 4 is 11.8 Å². The van der Waals surface area contributed by atoms with Crippen LogP contribution in [0.4, 0.5) is 15.0 Å². The summed E-state index contributed by atoms with van der Waals surface area (Å²) in [7, 11) is 0. The fraction of sp³-hybridized carbons (Fsp3) is 0.353. The quantitative estimate of drug-likeness (QED) is 0.919. The number of urea groups is 1. The van der Waals surface area contributed by atoms with Crippen LogP contribution in [0.25, 0.3) is 11.3 Å². The second kappa shape index (κ2) is 6.92. The normalized spacial score (nSPS) is 20.7. The minimum absolute atomic E-state index is 0.00554. The van der Waals surface area contributed by atoms with Crippen molar-refractivity contribution in [3.63, 3.8) is 0 Å². The van der Waals surface area contributed by atoms with Gasteiger partial charge in [0.05, 0.1) is 17.9 Å². The number of nitrogens with one attached hydrogen (secondary N) is 1. The van der Waals surface area contributed by atoms with Crippen LogP contribution >= 0.6 is 0 Å². The summed E-state index contributed by atoms with van der Waals surface area (Å²) >= 11 is 0. The maximum atomic E-state index is 13.7. The van der Waals surface area contributed by atoms with Crippen LogP contribution in [0, 0.1) is 5.82 Å². The number of carbonyl (C=O) groups is 1. The molecule has 2 atom stereocenters. The fourth-order valence-corrected chi connectivity index (χ4v) is 2.74. The molecule has 1 aliphatic heterocycles. The van der Waals surface area contributed by atoms with Gasteiger partial charge in [-0.25, -0.2) is 9.18 Å². The van der Waals surface area contributed by atoms with Gasteiger partial charge in [-0.1, -0.05) is 12.1 Å². The van der Waals surface area contributed by atoms with Crippen LogP contribution in [0.2, 0.25) is 0 Å². The number of amides is 2. The zero-order valence-electron chi connectivity index (χ0n) is 13.6. The number of hydrogen-bond donors (Lipinski definition) is 1. The van der Waals surface area contributed by atoms with E-state index in [0.29, 0.717) is 30.2 Å². The molecule has 0 saturated carbocycles. The molecule has 24 heavy (non-hydrogen) atoms. The van der Waals surface area contributed by atoms with E-state index in [0.717, 1.165) is 0 Å². The summed E-state index contributed by atoms with van der Waals surface area (Å²) in [5, 5.41) is 10.7. The summed E-state index contributed by atoms with van der Waals surface area (Å²) in [5.41, 5.74) is 0.790. The highest BCUT2D eigenvalue weighted by atomic mass is 19.1. The van der Waals surface area contributed by atoms with E-state index in [9.17, 15) is 9.18 Å². The molecule has 3 rings (SSSR count). The molecule has 0 radical (unpaired) electrons. The van der Waals surface area contributed by atoms with Crippen LogP contribution in [0.15, 0.2) is 36.4 Å². The van der Waals surface area contributed by atoms with E-state index < -0.39 is 0 Å². The number of morpholine rings is 1. The topological polar surface area (TPSA) is 67.4 Å². The Morgan fingerprint density at radius 3 is 2.50 bits per heavy atom. The molecule has 0 aliphatic carbocycles. The number of carbonyl (C=O) groups excluding carboxylic acids is 1. The molecule has 2 amide bonds. The Hall–Kier alpha value is -2.54. The summed E-state index contributed by atoms with van der Waals surface area (Å²) in [6.45, 7) is 4.91. The molecule has 2 heterocycles. The molecule has 1 aliphatic rings. The van der Waals surface area contributed by atoms with Gasteiger partial charge >= 0.3 is 6.03 Å². The standard InChI is InChI=1S/C17H19FN4O2/c1-11-9-22(10-12(2)24-11)17(23)19-16-8-7-15(20-21-16)13-5-3-4-6-14(13)18/h3-8,11-12H,9-10H2,1-2H3,(H,19,21,23)/t11-,12+. The van der Waals surface area contributed by atoms with E-state index in [2.05, 4.69) is 15.5 Å². The Balaban J connectivity index is 1.68. The first-order valence-corrected chi connectivity index (χ1v) is 7.83. The van der Waals surface area contributed by atoms with Crippen LogP contribution < -0.4 is 5.32 Å². The third-order valence-corrected chi connectivity index (χ3v) is 3.76. The number of hydrogen-bond acceptors (Lipinski definition) is 4. The average molecular weight is 330 g/mol. The lowest BCUT2D eigenvalue weighted by atomic mass is 10.1. The van der Waals surface area contributed by atoms with Gasteiger partial charge in [-0.05, 0) is 38.1 Å². The van der Waals surface area contributed by atoms with Gasteiger partial charge in [-0.2, -0.15) is 0 Å². The van der Waals surface area contributed by atoms with E-state index in [-0.39, 0.29) is 24.1 Å². The van der Waals surface area contributed by atoms with Crippen LogP contribution in [0.5, 0.6) is 0 Å². The SMILES string of the molecule is C[C@@H]1CN(C(=O)Nc2ccc(-c3ccccc3F)nn2)C[C@H](C)O1. The third-order valence-electron chi connectivity index (χ3n) is 3.76. The molecule has 6 nitrogen and oxygen atoms in total. The van der Waals surface area contributed by atoms with Crippen LogP contribution in [0.3, 0.4) is 0 Å². The largest absolute Gasteiger partial charge is 0.372 e. The van der Waals surface area contributed by atoms with Crippen LogP contribution in [0.1, 0.15) is 13.8 Å². The monoisotopic (exact) mass is 330 g/mol. The highest BCUT2D eigenvalue weighted by Gasteiger charge is 2.26. The lowest BCUT2D eigenvalue weighted by Gasteiger charge is -2.35. The molecule has 1 aromatic heterocycles. The lowest BCUT2D eigenvalue weighted by Crippen LogP contribution is -2.49. The van der Waals surface area contributed by atoms with Crippen molar-refractivity contribution in [2.24, 2.45) is 0 Å². The van der Waals surface area contributed by atoms with Crippen molar-refractivity contribution in [2.75, 3.05) is 18.4 Å². The molecule has 1 saturated heterocycles. The Morgan fingerprint density at radius 2 is 1.88 bits per heavy atom. The van der Waals surface area contributed by atoms with Crippen molar-refractivity contribution in [3.05, 3.63) is 42.2 Å². The van der Waals surface area contributed by atoms with Crippen molar-refractivity contribution in [2.45, 2.75) is 26.1 Å². The Kier molecular flexibility index (Phi) is 4.71. The maximum absolute atomic E-state index is 13.7. The van der Waals surface area contributed by atoms with Crippen LogP contribution in [-0.2, 0) is 4.74 Å². The van der Waals surface area contributed by atoms with Crippen molar-refractivity contribution < 1.29 is 13.9 Å². The van der Waals surface area contributed by atoms with Gasteiger partial charge in [0.15, 0.2) is 5.82 Å². The van der Waals surface area contributed by atoms with E-state index >= 15 is 0 Å². The van der Waals surface area contributed by atoms with Gasteiger partial charge in [0.2, 0.25) is 0 Å². The van der Waals surface area contributed by atoms with Crippen molar-refractivity contribution in [1.82, 2.24) is 15.1 Å². The second-order valence-corrected chi connectivity index (χ2v) is 5.88. The predicted molar refractivity (Wildman–Crippen MR) is 88.0 cm³/mol. The molecule has 1 aromatic carbocycles. The number of benzene rings is 1. The van der Waals surface area contributed by atoms with E-state index in [1.165, 1.54) is 6.07 Å². The van der Waals surface area contributed by atoms with E-state index in [4.69, 9.17) is 4.74 Å². The first-order valence-electron chi connectivity index (χ1n) is 7.83. The molecule has 126 valence electrons. The average Bonchev–Trinajstić information content (AvgIpc) is 2.55.